The van der Waals surface area contributed by atoms with Crippen LogP contribution < -0.4 is 15.6 Å². The highest BCUT2D eigenvalue weighted by Gasteiger charge is 2.16. The van der Waals surface area contributed by atoms with E-state index in [1.807, 2.05) is 19.9 Å². The Morgan fingerprint density at radius 2 is 1.77 bits per heavy atom. The number of benzene rings is 2. The average molecular weight is 378 g/mol. The molecule has 2 aromatic rings. The summed E-state index contributed by atoms with van der Waals surface area (Å²) in [7, 11) is 0. The van der Waals surface area contributed by atoms with Gasteiger partial charge in [-0.05, 0) is 43.2 Å². The zero-order chi connectivity index (χ0) is 19.3. The number of amides is 2. The lowest BCUT2D eigenvalue weighted by molar-refractivity contribution is -0.384. The van der Waals surface area contributed by atoms with Gasteiger partial charge in [-0.1, -0.05) is 17.7 Å². The fourth-order valence-corrected chi connectivity index (χ4v) is 2.40. The van der Waals surface area contributed by atoms with Crippen LogP contribution in [0.25, 0.3) is 0 Å². The molecule has 0 bridgehead atoms. The predicted octanol–water partition coefficient (Wildman–Crippen LogP) is 2.71. The molecule has 9 heteroatoms. The fourth-order valence-electron chi connectivity index (χ4n) is 2.20. The number of hydrazine groups is 1. The number of nitrogens with one attached hydrogen (secondary N) is 2. The highest BCUT2D eigenvalue weighted by Crippen LogP contribution is 2.21. The van der Waals surface area contributed by atoms with Crippen molar-refractivity contribution in [3.8, 4) is 5.75 Å². The van der Waals surface area contributed by atoms with Gasteiger partial charge in [0.25, 0.3) is 17.5 Å². The minimum Gasteiger partial charge on any atom is -0.484 e. The summed E-state index contributed by atoms with van der Waals surface area (Å²) >= 11 is 5.86. The molecule has 2 N–H and O–H groups in total. The van der Waals surface area contributed by atoms with Gasteiger partial charge in [0, 0.05) is 12.1 Å². The maximum Gasteiger partial charge on any atom is 0.276 e. The molecule has 0 unspecified atom stereocenters. The fraction of sp³-hybridized carbons (Fsp3) is 0.176. The molecule has 0 saturated heterocycles. The Hall–Kier alpha value is -3.13. The van der Waals surface area contributed by atoms with Gasteiger partial charge in [0.15, 0.2) is 6.61 Å². The van der Waals surface area contributed by atoms with Crippen LogP contribution in [0.3, 0.4) is 0 Å². The second-order valence-electron chi connectivity index (χ2n) is 5.54. The predicted molar refractivity (Wildman–Crippen MR) is 95.1 cm³/mol. The Kier molecular flexibility index (Phi) is 6.13. The molecule has 0 aromatic heterocycles. The number of aryl methyl sites for hydroxylation is 2. The van der Waals surface area contributed by atoms with E-state index in [2.05, 4.69) is 10.9 Å². The van der Waals surface area contributed by atoms with E-state index in [4.69, 9.17) is 16.3 Å². The number of nitro benzene ring substituents is 1. The summed E-state index contributed by atoms with van der Waals surface area (Å²) in [6.45, 7) is 3.50. The highest BCUT2D eigenvalue weighted by atomic mass is 35.5. The van der Waals surface area contributed by atoms with Crippen molar-refractivity contribution in [2.45, 2.75) is 13.8 Å². The van der Waals surface area contributed by atoms with Gasteiger partial charge in [-0.15, -0.1) is 0 Å². The normalized spacial score (nSPS) is 10.1. The van der Waals surface area contributed by atoms with Crippen molar-refractivity contribution in [1.29, 1.82) is 0 Å². The van der Waals surface area contributed by atoms with Crippen LogP contribution in [0.4, 0.5) is 5.69 Å². The third-order valence-electron chi connectivity index (χ3n) is 3.29. The first-order valence-electron chi connectivity index (χ1n) is 7.50. The van der Waals surface area contributed by atoms with Gasteiger partial charge in [0.2, 0.25) is 0 Å². The van der Waals surface area contributed by atoms with Crippen LogP contribution in [0.5, 0.6) is 5.75 Å². The van der Waals surface area contributed by atoms with Gasteiger partial charge < -0.3 is 4.74 Å². The molecule has 2 aromatic carbocycles. The quantitative estimate of drug-likeness (QED) is 0.614. The van der Waals surface area contributed by atoms with Crippen molar-refractivity contribution in [2.24, 2.45) is 0 Å². The summed E-state index contributed by atoms with van der Waals surface area (Å²) in [6.07, 6.45) is 0. The summed E-state index contributed by atoms with van der Waals surface area (Å²) < 4.78 is 5.36. The molecule has 0 atom stereocenters. The number of nitro groups is 1. The van der Waals surface area contributed by atoms with E-state index in [9.17, 15) is 19.7 Å². The molecule has 2 amide bonds. The molecule has 2 rings (SSSR count). The Morgan fingerprint density at radius 3 is 2.38 bits per heavy atom. The third-order valence-corrected chi connectivity index (χ3v) is 3.62. The first-order valence-corrected chi connectivity index (χ1v) is 7.88. The van der Waals surface area contributed by atoms with Crippen LogP contribution in [0.15, 0.2) is 36.4 Å². The number of nitrogens with zero attached hydrogens (tertiary/aromatic N) is 1. The van der Waals surface area contributed by atoms with E-state index < -0.39 is 16.7 Å². The first kappa shape index (κ1) is 19.2. The monoisotopic (exact) mass is 377 g/mol. The van der Waals surface area contributed by atoms with Crippen LogP contribution in [0.1, 0.15) is 21.5 Å². The summed E-state index contributed by atoms with van der Waals surface area (Å²) in [5.41, 5.74) is 5.88. The second kappa shape index (κ2) is 8.30. The first-order chi connectivity index (χ1) is 12.3. The zero-order valence-corrected chi connectivity index (χ0v) is 14.8. The number of hydrogen-bond acceptors (Lipinski definition) is 5. The molecule has 0 aliphatic rings. The lowest BCUT2D eigenvalue weighted by Crippen LogP contribution is -2.43. The van der Waals surface area contributed by atoms with Crippen LogP contribution in [-0.4, -0.2) is 23.3 Å². The van der Waals surface area contributed by atoms with E-state index in [0.717, 1.165) is 17.2 Å². The maximum absolute atomic E-state index is 12.0. The van der Waals surface area contributed by atoms with E-state index >= 15 is 0 Å². The minimum absolute atomic E-state index is 0.0221. The molecule has 0 fully saturated rings. The summed E-state index contributed by atoms with van der Waals surface area (Å²) in [5, 5.41) is 10.8. The number of non-ortho nitro benzene ring substituents is 1. The zero-order valence-electron chi connectivity index (χ0n) is 14.0. The topological polar surface area (TPSA) is 111 Å². The molecule has 0 radical (unpaired) electrons. The van der Waals surface area contributed by atoms with E-state index in [1.54, 1.807) is 12.1 Å². The summed E-state index contributed by atoms with van der Waals surface area (Å²) in [6, 6.07) is 8.96. The molecule has 136 valence electrons. The van der Waals surface area contributed by atoms with Crippen molar-refractivity contribution in [3.63, 3.8) is 0 Å². The minimum atomic E-state index is -0.779. The molecular weight excluding hydrogens is 362 g/mol. The van der Waals surface area contributed by atoms with E-state index in [0.29, 0.717) is 5.75 Å². The smallest absolute Gasteiger partial charge is 0.276 e. The van der Waals surface area contributed by atoms with Crippen LogP contribution >= 0.6 is 11.6 Å². The van der Waals surface area contributed by atoms with E-state index in [1.165, 1.54) is 12.1 Å². The molecule has 26 heavy (non-hydrogen) atoms. The molecular formula is C17H16ClN3O5. The maximum atomic E-state index is 12.0. The van der Waals surface area contributed by atoms with Crippen molar-refractivity contribution in [1.82, 2.24) is 10.9 Å². The van der Waals surface area contributed by atoms with Crippen LogP contribution in [0.2, 0.25) is 5.02 Å². The number of carbonyl (C=O) groups is 2. The Morgan fingerprint density at radius 1 is 1.12 bits per heavy atom. The summed E-state index contributed by atoms with van der Waals surface area (Å²) in [4.78, 5) is 33.9. The standard InChI is InChI=1S/C17H16ClN3O5/c1-10-5-11(2)7-13(6-10)26-9-16(22)19-20-17(23)14-8-12(21(24)25)3-4-15(14)18/h3-8H,9H2,1-2H3,(H,19,22)(H,20,23). The van der Waals surface area contributed by atoms with Crippen molar-refractivity contribution in [3.05, 3.63) is 68.2 Å². The summed E-state index contributed by atoms with van der Waals surface area (Å²) in [5.74, 6) is -0.844. The number of rotatable bonds is 5. The SMILES string of the molecule is Cc1cc(C)cc(OCC(=O)NNC(=O)c2cc([N+](=O)[O-])ccc2Cl)c1. The van der Waals surface area contributed by atoms with Gasteiger partial charge in [-0.2, -0.15) is 0 Å². The van der Waals surface area contributed by atoms with Crippen LogP contribution in [0, 0.1) is 24.0 Å². The highest BCUT2D eigenvalue weighted by molar-refractivity contribution is 6.34. The van der Waals surface area contributed by atoms with Crippen molar-refractivity contribution in [2.75, 3.05) is 6.61 Å². The molecule has 0 aliphatic heterocycles. The lowest BCUT2D eigenvalue weighted by atomic mass is 10.1. The largest absolute Gasteiger partial charge is 0.484 e. The molecule has 0 saturated carbocycles. The van der Waals surface area contributed by atoms with Gasteiger partial charge >= 0.3 is 0 Å². The number of hydrogen-bond donors (Lipinski definition) is 2. The number of halogens is 1. The van der Waals surface area contributed by atoms with Gasteiger partial charge in [-0.25, -0.2) is 0 Å². The molecule has 0 heterocycles. The van der Waals surface area contributed by atoms with E-state index in [-0.39, 0.29) is 22.9 Å². The van der Waals surface area contributed by atoms with Gasteiger partial charge in [0.05, 0.1) is 15.5 Å². The Labute approximate surface area is 154 Å². The molecule has 0 spiro atoms. The lowest BCUT2D eigenvalue weighted by Gasteiger charge is -2.10. The molecule has 0 aliphatic carbocycles. The Balaban J connectivity index is 1.91. The van der Waals surface area contributed by atoms with Crippen molar-refractivity contribution >= 4 is 29.1 Å². The third kappa shape index (κ3) is 5.18. The van der Waals surface area contributed by atoms with Crippen molar-refractivity contribution < 1.29 is 19.2 Å². The second-order valence-corrected chi connectivity index (χ2v) is 5.94. The van der Waals surface area contributed by atoms with Crippen LogP contribution in [-0.2, 0) is 4.79 Å². The number of ether oxygens (including phenoxy) is 1. The molecule has 8 nitrogen and oxygen atoms in total. The van der Waals surface area contributed by atoms with Gasteiger partial charge in [-0.3, -0.25) is 30.6 Å². The van der Waals surface area contributed by atoms with Gasteiger partial charge in [0.1, 0.15) is 5.75 Å². The number of carbonyl (C=O) groups excluding carboxylic acids is 2. The Bertz CT molecular complexity index is 849. The average Bonchev–Trinajstić information content (AvgIpc) is 2.57.